The third-order valence-corrected chi connectivity index (χ3v) is 4.07. The number of benzene rings is 2. The zero-order valence-corrected chi connectivity index (χ0v) is 15.4. The smallest absolute Gasteiger partial charge is 0.199 e. The largest absolute Gasteiger partial charge is 0.496 e. The standard InChI is InChI=1S/C17H18ClIO3/c1-3-17(22-16-9-8-13(19)10-14(16)18)21-11-12-6-4-5-7-15(12)20-2/h4-10,17H,3,11H2,1-2H3. The van der Waals surface area contributed by atoms with E-state index in [9.17, 15) is 0 Å². The van der Waals surface area contributed by atoms with E-state index in [0.29, 0.717) is 17.4 Å². The molecule has 0 N–H and O–H groups in total. The van der Waals surface area contributed by atoms with E-state index in [4.69, 9.17) is 25.8 Å². The van der Waals surface area contributed by atoms with Crippen molar-refractivity contribution in [2.45, 2.75) is 26.2 Å². The van der Waals surface area contributed by atoms with Gasteiger partial charge in [-0.05, 0) is 46.9 Å². The Morgan fingerprint density at radius 3 is 2.59 bits per heavy atom. The highest BCUT2D eigenvalue weighted by molar-refractivity contribution is 14.1. The predicted molar refractivity (Wildman–Crippen MR) is 96.7 cm³/mol. The molecule has 0 saturated carbocycles. The molecule has 5 heteroatoms. The molecular formula is C17H18ClIO3. The summed E-state index contributed by atoms with van der Waals surface area (Å²) in [6, 6.07) is 13.5. The quantitative estimate of drug-likeness (QED) is 0.440. The average Bonchev–Trinajstić information content (AvgIpc) is 2.53. The number of ether oxygens (including phenoxy) is 3. The molecule has 0 aliphatic rings. The third-order valence-electron chi connectivity index (χ3n) is 3.10. The second-order valence-corrected chi connectivity index (χ2v) is 6.31. The van der Waals surface area contributed by atoms with Gasteiger partial charge < -0.3 is 14.2 Å². The van der Waals surface area contributed by atoms with E-state index in [-0.39, 0.29) is 6.29 Å². The molecule has 3 nitrogen and oxygen atoms in total. The van der Waals surface area contributed by atoms with Gasteiger partial charge in [0.15, 0.2) is 6.29 Å². The second kappa shape index (κ2) is 8.60. The van der Waals surface area contributed by atoms with Gasteiger partial charge in [0, 0.05) is 15.6 Å². The van der Waals surface area contributed by atoms with Crippen molar-refractivity contribution >= 4 is 34.2 Å². The Hall–Kier alpha value is -0.980. The van der Waals surface area contributed by atoms with Gasteiger partial charge in [-0.2, -0.15) is 0 Å². The lowest BCUT2D eigenvalue weighted by molar-refractivity contribution is -0.0908. The second-order valence-electron chi connectivity index (χ2n) is 4.65. The van der Waals surface area contributed by atoms with Gasteiger partial charge in [0.05, 0.1) is 18.7 Å². The zero-order valence-electron chi connectivity index (χ0n) is 12.5. The molecule has 0 aliphatic heterocycles. The van der Waals surface area contributed by atoms with Crippen molar-refractivity contribution in [3.05, 3.63) is 56.6 Å². The maximum atomic E-state index is 6.19. The Bertz CT molecular complexity index is 619. The topological polar surface area (TPSA) is 27.7 Å². The van der Waals surface area contributed by atoms with E-state index in [0.717, 1.165) is 21.3 Å². The number of para-hydroxylation sites is 1. The summed E-state index contributed by atoms with van der Waals surface area (Å²) in [5.41, 5.74) is 0.987. The van der Waals surface area contributed by atoms with Crippen LogP contribution in [0.15, 0.2) is 42.5 Å². The maximum Gasteiger partial charge on any atom is 0.199 e. The molecule has 0 aromatic heterocycles. The van der Waals surface area contributed by atoms with Gasteiger partial charge in [-0.25, -0.2) is 0 Å². The molecular weight excluding hydrogens is 415 g/mol. The Labute approximate surface area is 149 Å². The molecule has 1 atom stereocenters. The highest BCUT2D eigenvalue weighted by Crippen LogP contribution is 2.28. The molecule has 2 aromatic rings. The molecule has 0 bridgehead atoms. The monoisotopic (exact) mass is 432 g/mol. The fourth-order valence-electron chi connectivity index (χ4n) is 1.95. The summed E-state index contributed by atoms with van der Waals surface area (Å²) in [4.78, 5) is 0. The molecule has 0 amide bonds. The zero-order chi connectivity index (χ0) is 15.9. The van der Waals surface area contributed by atoms with E-state index in [1.54, 1.807) is 7.11 Å². The number of hydrogen-bond acceptors (Lipinski definition) is 3. The van der Waals surface area contributed by atoms with Crippen LogP contribution in [0.3, 0.4) is 0 Å². The van der Waals surface area contributed by atoms with Crippen molar-refractivity contribution < 1.29 is 14.2 Å². The third kappa shape index (κ3) is 4.76. The van der Waals surface area contributed by atoms with Crippen molar-refractivity contribution in [1.29, 1.82) is 0 Å². The summed E-state index contributed by atoms with van der Waals surface area (Å²) in [7, 11) is 1.65. The van der Waals surface area contributed by atoms with Crippen LogP contribution in [0.25, 0.3) is 0 Å². The molecule has 1 unspecified atom stereocenters. The van der Waals surface area contributed by atoms with Crippen LogP contribution in [-0.2, 0) is 11.3 Å². The van der Waals surface area contributed by atoms with Crippen LogP contribution >= 0.6 is 34.2 Å². The first-order chi connectivity index (χ1) is 10.6. The van der Waals surface area contributed by atoms with Crippen molar-refractivity contribution in [2.75, 3.05) is 7.11 Å². The Kier molecular flexibility index (Phi) is 6.79. The summed E-state index contributed by atoms with van der Waals surface area (Å²) < 4.78 is 18.1. The number of halogens is 2. The number of methoxy groups -OCH3 is 1. The van der Waals surface area contributed by atoms with Crippen LogP contribution in [0.4, 0.5) is 0 Å². The van der Waals surface area contributed by atoms with Crippen molar-refractivity contribution in [2.24, 2.45) is 0 Å². The van der Waals surface area contributed by atoms with Crippen LogP contribution in [-0.4, -0.2) is 13.4 Å². The fourth-order valence-corrected chi connectivity index (χ4v) is 2.85. The summed E-state index contributed by atoms with van der Waals surface area (Å²) in [5.74, 6) is 1.44. The van der Waals surface area contributed by atoms with Gasteiger partial charge in [0.2, 0.25) is 0 Å². The van der Waals surface area contributed by atoms with Crippen LogP contribution < -0.4 is 9.47 Å². The summed E-state index contributed by atoms with van der Waals surface area (Å²) >= 11 is 8.40. The fraction of sp³-hybridized carbons (Fsp3) is 0.294. The van der Waals surface area contributed by atoms with E-state index < -0.39 is 0 Å². The summed E-state index contributed by atoms with van der Waals surface area (Å²) in [6.07, 6.45) is 0.361. The van der Waals surface area contributed by atoms with E-state index in [2.05, 4.69) is 22.6 Å². The molecule has 2 aromatic carbocycles. The molecule has 0 radical (unpaired) electrons. The SMILES string of the molecule is CCC(OCc1ccccc1OC)Oc1ccc(I)cc1Cl. The lowest BCUT2D eigenvalue weighted by Gasteiger charge is -2.19. The van der Waals surface area contributed by atoms with Crippen LogP contribution in [0.1, 0.15) is 18.9 Å². The lowest BCUT2D eigenvalue weighted by atomic mass is 10.2. The minimum atomic E-state index is -0.359. The van der Waals surface area contributed by atoms with Crippen molar-refractivity contribution in [3.8, 4) is 11.5 Å². The summed E-state index contributed by atoms with van der Waals surface area (Å²) in [5, 5.41) is 0.589. The molecule has 2 rings (SSSR count). The highest BCUT2D eigenvalue weighted by atomic mass is 127. The van der Waals surface area contributed by atoms with Gasteiger partial charge in [0.1, 0.15) is 11.5 Å². The Balaban J connectivity index is 2.00. The summed E-state index contributed by atoms with van der Waals surface area (Å²) in [6.45, 7) is 2.43. The predicted octanol–water partition coefficient (Wildman–Crippen LogP) is 5.28. The van der Waals surface area contributed by atoms with Gasteiger partial charge in [0.25, 0.3) is 0 Å². The van der Waals surface area contributed by atoms with E-state index >= 15 is 0 Å². The van der Waals surface area contributed by atoms with Crippen LogP contribution in [0.5, 0.6) is 11.5 Å². The average molecular weight is 433 g/mol. The van der Waals surface area contributed by atoms with Gasteiger partial charge in [-0.1, -0.05) is 36.7 Å². The molecule has 0 heterocycles. The van der Waals surface area contributed by atoms with E-state index in [1.807, 2.05) is 49.4 Å². The van der Waals surface area contributed by atoms with Gasteiger partial charge in [-0.15, -0.1) is 0 Å². The normalized spacial score (nSPS) is 12.0. The minimum Gasteiger partial charge on any atom is -0.496 e. The van der Waals surface area contributed by atoms with E-state index in [1.165, 1.54) is 0 Å². The molecule has 118 valence electrons. The maximum absolute atomic E-state index is 6.19. The molecule has 0 saturated heterocycles. The first-order valence-corrected chi connectivity index (χ1v) is 8.45. The minimum absolute atomic E-state index is 0.359. The Morgan fingerprint density at radius 1 is 1.14 bits per heavy atom. The first-order valence-electron chi connectivity index (χ1n) is 6.99. The number of hydrogen-bond donors (Lipinski definition) is 0. The van der Waals surface area contributed by atoms with Gasteiger partial charge in [-0.3, -0.25) is 0 Å². The van der Waals surface area contributed by atoms with Gasteiger partial charge >= 0.3 is 0 Å². The molecule has 0 spiro atoms. The molecule has 0 aliphatic carbocycles. The van der Waals surface area contributed by atoms with Crippen molar-refractivity contribution in [1.82, 2.24) is 0 Å². The van der Waals surface area contributed by atoms with Crippen LogP contribution in [0, 0.1) is 3.57 Å². The first kappa shape index (κ1) is 17.4. The highest BCUT2D eigenvalue weighted by Gasteiger charge is 2.12. The lowest BCUT2D eigenvalue weighted by Crippen LogP contribution is -2.19. The molecule has 0 fully saturated rings. The Morgan fingerprint density at radius 2 is 1.91 bits per heavy atom. The molecule has 22 heavy (non-hydrogen) atoms. The number of rotatable bonds is 7. The van der Waals surface area contributed by atoms with Crippen LogP contribution in [0.2, 0.25) is 5.02 Å². The van der Waals surface area contributed by atoms with Crippen molar-refractivity contribution in [3.63, 3.8) is 0 Å².